The van der Waals surface area contributed by atoms with E-state index in [1.165, 1.54) is 11.3 Å². The Balaban J connectivity index is 1.60. The number of nitrogens with zero attached hydrogens (tertiary/aromatic N) is 2. The van der Waals surface area contributed by atoms with Crippen LogP contribution in [0, 0.1) is 6.92 Å². The van der Waals surface area contributed by atoms with Crippen LogP contribution >= 0.6 is 11.3 Å². The highest BCUT2D eigenvalue weighted by molar-refractivity contribution is 7.13. The fraction of sp³-hybridized carbons (Fsp3) is 0.438. The Morgan fingerprint density at radius 1 is 1.46 bits per heavy atom. The molecule has 2 aromatic rings. The first-order valence-electron chi connectivity index (χ1n) is 7.63. The van der Waals surface area contributed by atoms with E-state index in [1.807, 2.05) is 24.4 Å². The molecule has 1 unspecified atom stereocenters. The van der Waals surface area contributed by atoms with Crippen LogP contribution < -0.4 is 0 Å². The monoisotopic (exact) mass is 350 g/mol. The minimum absolute atomic E-state index is 0.0684. The fourth-order valence-corrected chi connectivity index (χ4v) is 3.36. The number of thiazole rings is 1. The normalized spacial score (nSPS) is 17.9. The second kappa shape index (κ2) is 7.14. The van der Waals surface area contributed by atoms with Crippen molar-refractivity contribution < 1.29 is 23.8 Å². The van der Waals surface area contributed by atoms with Gasteiger partial charge in [0.05, 0.1) is 31.2 Å². The van der Waals surface area contributed by atoms with Gasteiger partial charge in [-0.05, 0) is 19.1 Å². The van der Waals surface area contributed by atoms with Gasteiger partial charge in [-0.25, -0.2) is 4.98 Å². The van der Waals surface area contributed by atoms with E-state index in [1.54, 1.807) is 4.90 Å². The smallest absolute Gasteiger partial charge is 0.306 e. The molecule has 1 saturated heterocycles. The van der Waals surface area contributed by atoms with Gasteiger partial charge in [-0.1, -0.05) is 0 Å². The van der Waals surface area contributed by atoms with Crippen LogP contribution in [-0.2, 0) is 20.7 Å². The number of carboxylic acids is 1. The van der Waals surface area contributed by atoms with E-state index in [-0.39, 0.29) is 18.7 Å². The molecule has 1 atom stereocenters. The third-order valence-corrected chi connectivity index (χ3v) is 4.63. The Kier molecular flexibility index (Phi) is 4.96. The van der Waals surface area contributed by atoms with Crippen molar-refractivity contribution >= 4 is 23.2 Å². The average Bonchev–Trinajstić information content (AvgIpc) is 3.16. The first-order valence-corrected chi connectivity index (χ1v) is 8.51. The van der Waals surface area contributed by atoms with Crippen LogP contribution in [0.15, 0.2) is 21.9 Å². The SMILES string of the molecule is Cc1ccc(-c2nc(CC(=O)N3CCOC(CC(=O)O)C3)cs2)o1. The number of amides is 1. The number of ether oxygens (including phenoxy) is 1. The third-order valence-electron chi connectivity index (χ3n) is 3.73. The number of aromatic nitrogens is 1. The van der Waals surface area contributed by atoms with Crippen LogP contribution in [0.1, 0.15) is 17.9 Å². The summed E-state index contributed by atoms with van der Waals surface area (Å²) in [7, 11) is 0. The molecule has 3 rings (SSSR count). The van der Waals surface area contributed by atoms with Gasteiger partial charge >= 0.3 is 5.97 Å². The van der Waals surface area contributed by atoms with Crippen molar-refractivity contribution in [2.45, 2.75) is 25.9 Å². The van der Waals surface area contributed by atoms with Crippen LogP contribution in [-0.4, -0.2) is 52.7 Å². The summed E-state index contributed by atoms with van der Waals surface area (Å²) >= 11 is 1.44. The predicted octanol–water partition coefficient (Wildman–Crippen LogP) is 1.96. The number of aliphatic carboxylic acids is 1. The number of carbonyl (C=O) groups excluding carboxylic acids is 1. The van der Waals surface area contributed by atoms with Crippen LogP contribution in [0.25, 0.3) is 10.8 Å². The zero-order valence-electron chi connectivity index (χ0n) is 13.2. The topological polar surface area (TPSA) is 92.9 Å². The van der Waals surface area contributed by atoms with Crippen molar-refractivity contribution in [2.75, 3.05) is 19.7 Å². The minimum Gasteiger partial charge on any atom is -0.481 e. The standard InChI is InChI=1S/C16H18N2O5S/c1-10-2-3-13(23-10)16-17-11(9-24-16)6-14(19)18-4-5-22-12(8-18)7-15(20)21/h2-3,9,12H,4-8H2,1H3,(H,20,21). The lowest BCUT2D eigenvalue weighted by atomic mass is 10.2. The highest BCUT2D eigenvalue weighted by atomic mass is 32.1. The highest BCUT2D eigenvalue weighted by Crippen LogP contribution is 2.26. The fourth-order valence-electron chi connectivity index (χ4n) is 2.58. The molecule has 24 heavy (non-hydrogen) atoms. The molecule has 0 radical (unpaired) electrons. The quantitative estimate of drug-likeness (QED) is 0.886. The molecule has 0 aromatic carbocycles. The average molecular weight is 350 g/mol. The maximum absolute atomic E-state index is 12.4. The van der Waals surface area contributed by atoms with Crippen molar-refractivity contribution in [1.82, 2.24) is 9.88 Å². The first-order chi connectivity index (χ1) is 11.5. The molecule has 8 heteroatoms. The third kappa shape index (κ3) is 4.01. The molecular weight excluding hydrogens is 332 g/mol. The van der Waals surface area contributed by atoms with E-state index in [4.69, 9.17) is 14.3 Å². The molecule has 1 aliphatic heterocycles. The summed E-state index contributed by atoms with van der Waals surface area (Å²) in [5.41, 5.74) is 0.690. The zero-order chi connectivity index (χ0) is 17.1. The lowest BCUT2D eigenvalue weighted by molar-refractivity contribution is -0.147. The van der Waals surface area contributed by atoms with Crippen LogP contribution in [0.5, 0.6) is 0 Å². The van der Waals surface area contributed by atoms with Crippen molar-refractivity contribution in [3.8, 4) is 10.8 Å². The van der Waals surface area contributed by atoms with E-state index in [2.05, 4.69) is 4.98 Å². The summed E-state index contributed by atoms with van der Waals surface area (Å²) < 4.78 is 10.9. The molecule has 0 aliphatic carbocycles. The molecule has 1 aliphatic rings. The summed E-state index contributed by atoms with van der Waals surface area (Å²) in [6, 6.07) is 3.73. The van der Waals surface area contributed by atoms with E-state index in [9.17, 15) is 9.59 Å². The van der Waals surface area contributed by atoms with Crippen LogP contribution in [0.2, 0.25) is 0 Å². The van der Waals surface area contributed by atoms with E-state index >= 15 is 0 Å². The highest BCUT2D eigenvalue weighted by Gasteiger charge is 2.26. The Morgan fingerprint density at radius 2 is 2.29 bits per heavy atom. The number of hydrogen-bond acceptors (Lipinski definition) is 6. The number of furan rings is 1. The number of carbonyl (C=O) groups is 2. The van der Waals surface area contributed by atoms with Crippen LogP contribution in [0.3, 0.4) is 0 Å². The van der Waals surface area contributed by atoms with Gasteiger partial charge in [0.15, 0.2) is 10.8 Å². The van der Waals surface area contributed by atoms with Gasteiger partial charge < -0.3 is 19.2 Å². The van der Waals surface area contributed by atoms with Gasteiger partial charge in [0.25, 0.3) is 0 Å². The number of rotatable bonds is 5. The molecule has 3 heterocycles. The number of hydrogen-bond donors (Lipinski definition) is 1. The first kappa shape index (κ1) is 16.7. The molecule has 1 fully saturated rings. The summed E-state index contributed by atoms with van der Waals surface area (Å²) in [5, 5.41) is 11.4. The largest absolute Gasteiger partial charge is 0.481 e. The van der Waals surface area contributed by atoms with Gasteiger partial charge in [0.1, 0.15) is 5.76 Å². The molecule has 128 valence electrons. The van der Waals surface area contributed by atoms with E-state index < -0.39 is 12.1 Å². The minimum atomic E-state index is -0.924. The van der Waals surface area contributed by atoms with Crippen molar-refractivity contribution in [1.29, 1.82) is 0 Å². The van der Waals surface area contributed by atoms with Gasteiger partial charge in [-0.3, -0.25) is 9.59 Å². The maximum Gasteiger partial charge on any atom is 0.306 e. The summed E-state index contributed by atoms with van der Waals surface area (Å²) in [6.07, 6.45) is -0.351. The Bertz CT molecular complexity index is 738. The second-order valence-electron chi connectivity index (χ2n) is 5.66. The molecular formula is C16H18N2O5S. The van der Waals surface area contributed by atoms with Gasteiger partial charge in [0, 0.05) is 18.5 Å². The molecule has 0 saturated carbocycles. The van der Waals surface area contributed by atoms with E-state index in [0.717, 1.165) is 10.8 Å². The Morgan fingerprint density at radius 3 is 3.00 bits per heavy atom. The molecule has 0 spiro atoms. The number of aryl methyl sites for hydroxylation is 1. The predicted molar refractivity (Wildman–Crippen MR) is 86.8 cm³/mol. The summed E-state index contributed by atoms with van der Waals surface area (Å²) in [4.78, 5) is 29.3. The van der Waals surface area contributed by atoms with Crippen LogP contribution in [0.4, 0.5) is 0 Å². The lowest BCUT2D eigenvalue weighted by Crippen LogP contribution is -2.46. The van der Waals surface area contributed by atoms with Gasteiger partial charge in [0.2, 0.25) is 5.91 Å². The maximum atomic E-state index is 12.4. The zero-order valence-corrected chi connectivity index (χ0v) is 14.0. The van der Waals surface area contributed by atoms with E-state index in [0.29, 0.717) is 31.2 Å². The second-order valence-corrected chi connectivity index (χ2v) is 6.52. The van der Waals surface area contributed by atoms with Gasteiger partial charge in [-0.15, -0.1) is 11.3 Å². The van der Waals surface area contributed by atoms with Crippen molar-refractivity contribution in [3.05, 3.63) is 29.0 Å². The number of carboxylic acid groups (broad SMARTS) is 1. The van der Waals surface area contributed by atoms with Gasteiger partial charge in [-0.2, -0.15) is 0 Å². The Hall–Kier alpha value is -2.19. The summed E-state index contributed by atoms with van der Waals surface area (Å²) in [6.45, 7) is 3.01. The molecule has 0 bridgehead atoms. The van der Waals surface area contributed by atoms with Crippen molar-refractivity contribution in [3.63, 3.8) is 0 Å². The Labute approximate surface area is 142 Å². The van der Waals surface area contributed by atoms with Crippen molar-refractivity contribution in [2.24, 2.45) is 0 Å². The molecule has 7 nitrogen and oxygen atoms in total. The lowest BCUT2D eigenvalue weighted by Gasteiger charge is -2.32. The molecule has 1 amide bonds. The molecule has 1 N–H and O–H groups in total. The molecule has 2 aromatic heterocycles. The number of morpholine rings is 1. The summed E-state index contributed by atoms with van der Waals surface area (Å²) in [5.74, 6) is 0.521.